The number of hydrogen-bond donors (Lipinski definition) is 1. The smallest absolute Gasteiger partial charge is 0.347 e. The first-order valence-electron chi connectivity index (χ1n) is 7.40. The van der Waals surface area contributed by atoms with E-state index in [0.717, 1.165) is 24.1 Å². The zero-order chi connectivity index (χ0) is 15.2. The zero-order valence-electron chi connectivity index (χ0n) is 12.5. The molecule has 1 atom stereocenters. The maximum absolute atomic E-state index is 11.9. The van der Waals surface area contributed by atoms with Gasteiger partial charge in [0.1, 0.15) is 5.75 Å². The van der Waals surface area contributed by atoms with E-state index >= 15 is 0 Å². The Morgan fingerprint density at radius 1 is 1.33 bits per heavy atom. The largest absolute Gasteiger partial charge is 0.479 e. The molecular weight excluding hydrogens is 270 g/mol. The first kappa shape index (κ1) is 15.4. The maximum Gasteiger partial charge on any atom is 0.347 e. The van der Waals surface area contributed by atoms with Crippen LogP contribution < -0.4 is 10.1 Å². The van der Waals surface area contributed by atoms with E-state index in [1.165, 1.54) is 0 Å². The Hall–Kier alpha value is -2.04. The van der Waals surface area contributed by atoms with Crippen LogP contribution in [0.2, 0.25) is 0 Å². The first-order valence-corrected chi connectivity index (χ1v) is 7.40. The SMILES string of the molecule is CCCC(Oc1ccc2c(c1)NC(=O)CC2)C(=O)OCC. The Balaban J connectivity index is 2.11. The molecule has 0 saturated carbocycles. The van der Waals surface area contributed by atoms with E-state index in [-0.39, 0.29) is 11.9 Å². The highest BCUT2D eigenvalue weighted by atomic mass is 16.6. The van der Waals surface area contributed by atoms with E-state index in [4.69, 9.17) is 9.47 Å². The lowest BCUT2D eigenvalue weighted by atomic mass is 10.0. The molecule has 1 aliphatic rings. The topological polar surface area (TPSA) is 64.6 Å². The van der Waals surface area contributed by atoms with Gasteiger partial charge in [0.05, 0.1) is 6.61 Å². The third kappa shape index (κ3) is 3.97. The van der Waals surface area contributed by atoms with Crippen molar-refractivity contribution in [3.05, 3.63) is 23.8 Å². The normalized spacial score (nSPS) is 14.9. The number of aryl methyl sites for hydroxylation is 1. The third-order valence-corrected chi connectivity index (χ3v) is 3.36. The highest BCUT2D eigenvalue weighted by Gasteiger charge is 2.22. The second kappa shape index (κ2) is 7.11. The van der Waals surface area contributed by atoms with E-state index in [0.29, 0.717) is 25.2 Å². The number of carbonyl (C=O) groups is 2. The number of benzene rings is 1. The summed E-state index contributed by atoms with van der Waals surface area (Å²) in [5.41, 5.74) is 1.85. The lowest BCUT2D eigenvalue weighted by Gasteiger charge is -2.20. The van der Waals surface area contributed by atoms with Crippen LogP contribution in [-0.2, 0) is 20.7 Å². The molecular formula is C16H21NO4. The molecule has 114 valence electrons. The van der Waals surface area contributed by atoms with E-state index in [1.54, 1.807) is 13.0 Å². The molecule has 5 heteroatoms. The minimum absolute atomic E-state index is 0.00940. The Morgan fingerprint density at radius 3 is 2.86 bits per heavy atom. The van der Waals surface area contributed by atoms with Crippen LogP contribution in [0.15, 0.2) is 18.2 Å². The molecule has 2 rings (SSSR count). The van der Waals surface area contributed by atoms with Crippen molar-refractivity contribution in [2.24, 2.45) is 0 Å². The summed E-state index contributed by atoms with van der Waals surface area (Å²) in [6.07, 6.45) is 2.06. The van der Waals surface area contributed by atoms with Crippen LogP contribution in [0.5, 0.6) is 5.75 Å². The van der Waals surface area contributed by atoms with Gasteiger partial charge in [0.2, 0.25) is 5.91 Å². The summed E-state index contributed by atoms with van der Waals surface area (Å²) >= 11 is 0. The monoisotopic (exact) mass is 291 g/mol. The Labute approximate surface area is 124 Å². The van der Waals surface area contributed by atoms with Crippen molar-refractivity contribution in [1.29, 1.82) is 0 Å². The molecule has 1 amide bonds. The summed E-state index contributed by atoms with van der Waals surface area (Å²) in [4.78, 5) is 23.3. The van der Waals surface area contributed by atoms with E-state index in [1.807, 2.05) is 19.1 Å². The summed E-state index contributed by atoms with van der Waals surface area (Å²) in [6.45, 7) is 4.10. The molecule has 1 unspecified atom stereocenters. The van der Waals surface area contributed by atoms with Gasteiger partial charge in [-0.3, -0.25) is 4.79 Å². The van der Waals surface area contributed by atoms with Crippen LogP contribution in [-0.4, -0.2) is 24.6 Å². The van der Waals surface area contributed by atoms with Gasteiger partial charge in [0.15, 0.2) is 6.10 Å². The number of anilines is 1. The standard InChI is InChI=1S/C16H21NO4/c1-3-5-14(16(19)20-4-2)21-12-8-6-11-7-9-15(18)17-13(11)10-12/h6,8,10,14H,3-5,7,9H2,1-2H3,(H,17,18). The second-order valence-electron chi connectivity index (χ2n) is 5.01. The number of nitrogens with one attached hydrogen (secondary N) is 1. The zero-order valence-corrected chi connectivity index (χ0v) is 12.5. The van der Waals surface area contributed by atoms with Crippen molar-refractivity contribution in [2.75, 3.05) is 11.9 Å². The van der Waals surface area contributed by atoms with Crippen LogP contribution in [0.1, 0.15) is 38.7 Å². The fraction of sp³-hybridized carbons (Fsp3) is 0.500. The molecule has 1 aromatic carbocycles. The second-order valence-corrected chi connectivity index (χ2v) is 5.01. The van der Waals surface area contributed by atoms with Gasteiger partial charge < -0.3 is 14.8 Å². The summed E-state index contributed by atoms with van der Waals surface area (Å²) in [5.74, 6) is 0.235. The molecule has 1 aliphatic heterocycles. The van der Waals surface area contributed by atoms with E-state index < -0.39 is 6.10 Å². The third-order valence-electron chi connectivity index (χ3n) is 3.36. The lowest BCUT2D eigenvalue weighted by Crippen LogP contribution is -2.29. The van der Waals surface area contributed by atoms with Crippen molar-refractivity contribution in [3.63, 3.8) is 0 Å². The molecule has 0 aromatic heterocycles. The molecule has 1 N–H and O–H groups in total. The van der Waals surface area contributed by atoms with Gasteiger partial charge in [-0.05, 0) is 31.4 Å². The highest BCUT2D eigenvalue weighted by Crippen LogP contribution is 2.28. The minimum Gasteiger partial charge on any atom is -0.479 e. The average molecular weight is 291 g/mol. The first-order chi connectivity index (χ1) is 10.1. The summed E-state index contributed by atoms with van der Waals surface area (Å²) in [7, 11) is 0. The fourth-order valence-corrected chi connectivity index (χ4v) is 2.31. The van der Waals surface area contributed by atoms with E-state index in [2.05, 4.69) is 5.32 Å². The van der Waals surface area contributed by atoms with Crippen molar-refractivity contribution >= 4 is 17.6 Å². The number of fused-ring (bicyclic) bond motifs is 1. The van der Waals surface area contributed by atoms with Crippen molar-refractivity contribution in [3.8, 4) is 5.75 Å². The Bertz CT molecular complexity index is 527. The molecule has 0 fully saturated rings. The van der Waals surface area contributed by atoms with E-state index in [9.17, 15) is 9.59 Å². The molecule has 0 bridgehead atoms. The van der Waals surface area contributed by atoms with Crippen LogP contribution in [0.4, 0.5) is 5.69 Å². The summed E-state index contributed by atoms with van der Waals surface area (Å²) < 4.78 is 10.8. The summed E-state index contributed by atoms with van der Waals surface area (Å²) in [5, 5.41) is 2.82. The molecule has 0 spiro atoms. The number of carbonyl (C=O) groups excluding carboxylic acids is 2. The van der Waals surface area contributed by atoms with Crippen LogP contribution in [0, 0.1) is 0 Å². The van der Waals surface area contributed by atoms with Crippen molar-refractivity contribution in [1.82, 2.24) is 0 Å². The minimum atomic E-state index is -0.604. The Kier molecular flexibility index (Phi) is 5.20. The van der Waals surface area contributed by atoms with Gasteiger partial charge in [0, 0.05) is 18.2 Å². The number of hydrogen-bond acceptors (Lipinski definition) is 4. The van der Waals surface area contributed by atoms with Crippen molar-refractivity contribution < 1.29 is 19.1 Å². The molecule has 0 radical (unpaired) electrons. The van der Waals surface area contributed by atoms with Crippen LogP contribution in [0.3, 0.4) is 0 Å². The quantitative estimate of drug-likeness (QED) is 0.818. The number of amides is 1. The van der Waals surface area contributed by atoms with Gasteiger partial charge in [-0.25, -0.2) is 4.79 Å². The van der Waals surface area contributed by atoms with Crippen molar-refractivity contribution in [2.45, 2.75) is 45.6 Å². The number of esters is 1. The molecule has 5 nitrogen and oxygen atoms in total. The van der Waals surface area contributed by atoms with Crippen LogP contribution in [0.25, 0.3) is 0 Å². The van der Waals surface area contributed by atoms with Gasteiger partial charge >= 0.3 is 5.97 Å². The summed E-state index contributed by atoms with van der Waals surface area (Å²) in [6, 6.07) is 5.53. The number of rotatable bonds is 6. The van der Waals surface area contributed by atoms with Gasteiger partial charge in [-0.2, -0.15) is 0 Å². The Morgan fingerprint density at radius 2 is 2.14 bits per heavy atom. The molecule has 21 heavy (non-hydrogen) atoms. The van der Waals surface area contributed by atoms with Gasteiger partial charge in [-0.15, -0.1) is 0 Å². The van der Waals surface area contributed by atoms with Gasteiger partial charge in [0.25, 0.3) is 0 Å². The van der Waals surface area contributed by atoms with Crippen LogP contribution >= 0.6 is 0 Å². The van der Waals surface area contributed by atoms with Gasteiger partial charge in [-0.1, -0.05) is 19.4 Å². The highest BCUT2D eigenvalue weighted by molar-refractivity contribution is 5.94. The molecule has 0 aliphatic carbocycles. The predicted molar refractivity (Wildman–Crippen MR) is 79.3 cm³/mol. The average Bonchev–Trinajstić information content (AvgIpc) is 2.46. The molecule has 1 aromatic rings. The maximum atomic E-state index is 11.9. The lowest BCUT2D eigenvalue weighted by molar-refractivity contribution is -0.151. The predicted octanol–water partition coefficient (Wildman–Crippen LogP) is 2.68. The fourth-order valence-electron chi connectivity index (χ4n) is 2.31. The number of ether oxygens (including phenoxy) is 2. The molecule has 1 heterocycles. The molecule has 0 saturated heterocycles.